The van der Waals surface area contributed by atoms with Gasteiger partial charge in [-0.1, -0.05) is 6.07 Å². The lowest BCUT2D eigenvalue weighted by atomic mass is 9.83. The zero-order chi connectivity index (χ0) is 26.3. The first kappa shape index (κ1) is 26.4. The number of fused-ring (bicyclic) bond motifs is 1. The van der Waals surface area contributed by atoms with E-state index in [0.29, 0.717) is 5.56 Å². The number of ketones is 1. The predicted molar refractivity (Wildman–Crippen MR) is 118 cm³/mol. The summed E-state index contributed by atoms with van der Waals surface area (Å²) >= 11 is 0. The summed E-state index contributed by atoms with van der Waals surface area (Å²) in [5.41, 5.74) is 0.545. The summed E-state index contributed by atoms with van der Waals surface area (Å²) in [4.78, 5) is 24.2. The molecule has 0 unspecified atom stereocenters. The molecule has 1 amide bonds. The number of nitrogens with one attached hydrogen (secondary N) is 1. The largest absolute Gasteiger partial charge is 0.504 e. The van der Waals surface area contributed by atoms with E-state index in [-0.39, 0.29) is 23.9 Å². The fourth-order valence-electron chi connectivity index (χ4n) is 4.46. The van der Waals surface area contributed by atoms with Gasteiger partial charge < -0.3 is 54.9 Å². The Hall–Kier alpha value is -2.62. The van der Waals surface area contributed by atoms with Crippen molar-refractivity contribution in [2.24, 2.45) is 0 Å². The molecule has 1 aromatic rings. The molecule has 3 aliphatic rings. The molecule has 0 aromatic heterocycles. The van der Waals surface area contributed by atoms with Crippen LogP contribution in [-0.2, 0) is 23.8 Å². The first-order valence-electron chi connectivity index (χ1n) is 11.3. The van der Waals surface area contributed by atoms with E-state index >= 15 is 0 Å². The third-order valence-electron chi connectivity index (χ3n) is 6.49. The van der Waals surface area contributed by atoms with E-state index in [1.165, 1.54) is 38.1 Å². The standard InChI is InChI=1S/C23H29NO12/c1-8(22(32)24-13-14(27)16(29)21-20(15(13)28)33-7-34-21)5-10-3-4-12(11(26)6-10)35-23-18(31)17(30)19(36-23)9(2)25/h3-6,13-21,23,26-31H,7H2,1-2H3,(H,24,32)/b8-5+/t13-,14-,15+,16+,17-,18-,19+,20-,21+,23+/m0/s1. The van der Waals surface area contributed by atoms with Crippen LogP contribution >= 0.6 is 0 Å². The molecule has 0 radical (unpaired) electrons. The number of ether oxygens (including phenoxy) is 4. The van der Waals surface area contributed by atoms with E-state index in [0.717, 1.165) is 0 Å². The highest BCUT2D eigenvalue weighted by molar-refractivity contribution is 5.97. The van der Waals surface area contributed by atoms with E-state index < -0.39 is 72.9 Å². The fraction of sp³-hybridized carbons (Fsp3) is 0.565. The van der Waals surface area contributed by atoms with Crippen LogP contribution in [0.25, 0.3) is 6.08 Å². The van der Waals surface area contributed by atoms with Gasteiger partial charge in [0, 0.05) is 5.57 Å². The van der Waals surface area contributed by atoms with Crippen molar-refractivity contribution < 1.29 is 59.2 Å². The normalized spacial score (nSPS) is 38.5. The zero-order valence-electron chi connectivity index (χ0n) is 19.4. The summed E-state index contributed by atoms with van der Waals surface area (Å²) in [7, 11) is 0. The molecule has 0 bridgehead atoms. The molecule has 10 atom stereocenters. The number of Topliss-reactive ketones (excluding diaryl/α,β-unsaturated/α-hetero) is 1. The van der Waals surface area contributed by atoms with Crippen molar-refractivity contribution in [2.75, 3.05) is 6.79 Å². The number of aliphatic hydroxyl groups is 5. The number of aliphatic hydroxyl groups excluding tert-OH is 5. The lowest BCUT2D eigenvalue weighted by Crippen LogP contribution is -2.67. The Morgan fingerprint density at radius 1 is 0.972 bits per heavy atom. The number of rotatable bonds is 6. The van der Waals surface area contributed by atoms with Crippen molar-refractivity contribution >= 4 is 17.8 Å². The third-order valence-corrected chi connectivity index (χ3v) is 6.49. The highest BCUT2D eigenvalue weighted by atomic mass is 16.7. The summed E-state index contributed by atoms with van der Waals surface area (Å²) in [6.07, 6.45) is -10.2. The number of aromatic hydroxyl groups is 1. The molecule has 36 heavy (non-hydrogen) atoms. The number of carbonyl (C=O) groups is 2. The second-order valence-corrected chi connectivity index (χ2v) is 9.04. The van der Waals surface area contributed by atoms with Crippen molar-refractivity contribution in [3.05, 3.63) is 29.3 Å². The quantitative estimate of drug-likeness (QED) is 0.199. The van der Waals surface area contributed by atoms with Gasteiger partial charge >= 0.3 is 0 Å². The van der Waals surface area contributed by atoms with E-state index in [4.69, 9.17) is 18.9 Å². The molecule has 13 nitrogen and oxygen atoms in total. The lowest BCUT2D eigenvalue weighted by Gasteiger charge is -2.41. The van der Waals surface area contributed by atoms with Crippen LogP contribution in [0.4, 0.5) is 0 Å². The fourth-order valence-corrected chi connectivity index (χ4v) is 4.46. The summed E-state index contributed by atoms with van der Waals surface area (Å²) < 4.78 is 21.1. The van der Waals surface area contributed by atoms with E-state index in [1.54, 1.807) is 0 Å². The Labute approximate surface area is 205 Å². The van der Waals surface area contributed by atoms with Gasteiger partial charge in [0.2, 0.25) is 12.2 Å². The number of amides is 1. The minimum atomic E-state index is -1.51. The Kier molecular flexibility index (Phi) is 7.64. The molecule has 3 fully saturated rings. The Bertz CT molecular complexity index is 1030. The van der Waals surface area contributed by atoms with Gasteiger partial charge in [0.1, 0.15) is 55.6 Å². The Morgan fingerprint density at radius 3 is 2.25 bits per heavy atom. The maximum atomic E-state index is 12.7. The van der Waals surface area contributed by atoms with Crippen molar-refractivity contribution in [2.45, 2.75) is 75.0 Å². The molecule has 198 valence electrons. The molecule has 0 spiro atoms. The van der Waals surface area contributed by atoms with Crippen LogP contribution in [0.5, 0.6) is 11.5 Å². The van der Waals surface area contributed by atoms with Gasteiger partial charge in [0.25, 0.3) is 0 Å². The zero-order valence-corrected chi connectivity index (χ0v) is 19.4. The molecular formula is C23H29NO12. The smallest absolute Gasteiger partial charge is 0.247 e. The molecule has 13 heteroatoms. The molecule has 2 heterocycles. The number of hydrogen-bond acceptors (Lipinski definition) is 12. The average Bonchev–Trinajstić information content (AvgIpc) is 3.43. The van der Waals surface area contributed by atoms with Crippen LogP contribution in [-0.4, -0.2) is 110 Å². The van der Waals surface area contributed by atoms with E-state index in [2.05, 4.69) is 5.32 Å². The highest BCUT2D eigenvalue weighted by Gasteiger charge is 2.53. The second kappa shape index (κ2) is 10.4. The first-order valence-corrected chi connectivity index (χ1v) is 11.3. The monoisotopic (exact) mass is 511 g/mol. The van der Waals surface area contributed by atoms with Crippen LogP contribution in [0.1, 0.15) is 19.4 Å². The predicted octanol–water partition coefficient (Wildman–Crippen LogP) is -2.47. The Morgan fingerprint density at radius 2 is 1.64 bits per heavy atom. The minimum absolute atomic E-state index is 0.0921. The number of phenolic OH excluding ortho intramolecular Hbond substituents is 1. The minimum Gasteiger partial charge on any atom is -0.504 e. The van der Waals surface area contributed by atoms with Crippen molar-refractivity contribution in [3.8, 4) is 11.5 Å². The van der Waals surface area contributed by atoms with Crippen molar-refractivity contribution in [1.82, 2.24) is 5.32 Å². The Balaban J connectivity index is 1.41. The van der Waals surface area contributed by atoms with Crippen LogP contribution in [0, 0.1) is 0 Å². The number of phenols is 1. The molecular weight excluding hydrogens is 482 g/mol. The van der Waals surface area contributed by atoms with E-state index in [9.17, 15) is 40.2 Å². The van der Waals surface area contributed by atoms with Crippen LogP contribution in [0.2, 0.25) is 0 Å². The summed E-state index contributed by atoms with van der Waals surface area (Å²) in [6, 6.07) is 2.90. The van der Waals surface area contributed by atoms with Crippen molar-refractivity contribution in [1.29, 1.82) is 0 Å². The molecule has 4 rings (SSSR count). The van der Waals surface area contributed by atoms with Gasteiger partial charge in [-0.3, -0.25) is 9.59 Å². The molecule has 1 aromatic carbocycles. The number of hydrogen-bond donors (Lipinski definition) is 7. The summed E-state index contributed by atoms with van der Waals surface area (Å²) in [6.45, 7) is 2.52. The van der Waals surface area contributed by atoms with Gasteiger partial charge in [0.15, 0.2) is 17.3 Å². The van der Waals surface area contributed by atoms with Gasteiger partial charge in [-0.15, -0.1) is 0 Å². The summed E-state index contributed by atoms with van der Waals surface area (Å²) in [5.74, 6) is -1.59. The highest BCUT2D eigenvalue weighted by Crippen LogP contribution is 2.33. The molecule has 7 N–H and O–H groups in total. The number of carbonyl (C=O) groups excluding carboxylic acids is 2. The second-order valence-electron chi connectivity index (χ2n) is 9.04. The lowest BCUT2D eigenvalue weighted by molar-refractivity contribution is -0.155. The topological polar surface area (TPSA) is 204 Å². The van der Waals surface area contributed by atoms with Crippen molar-refractivity contribution in [3.63, 3.8) is 0 Å². The van der Waals surface area contributed by atoms with Crippen LogP contribution in [0.15, 0.2) is 23.8 Å². The average molecular weight is 511 g/mol. The van der Waals surface area contributed by atoms with Gasteiger partial charge in [0.05, 0.1) is 6.04 Å². The number of benzene rings is 1. The maximum Gasteiger partial charge on any atom is 0.247 e. The molecule has 2 aliphatic heterocycles. The molecule has 2 saturated heterocycles. The molecule has 1 aliphatic carbocycles. The SMILES string of the molecule is CC(=O)[C@H]1O[C@@H](Oc2ccc(/C=C(\C)C(=O)N[C@H]3[C@H](O)[C@@H](O)[C@H]4OCO[C@H]4[C@@H]3O)cc2O)[C@@H](O)[C@@H]1O. The van der Waals surface area contributed by atoms with Crippen LogP contribution in [0.3, 0.4) is 0 Å². The third kappa shape index (κ3) is 4.96. The van der Waals surface area contributed by atoms with Gasteiger partial charge in [-0.2, -0.15) is 0 Å². The first-order chi connectivity index (χ1) is 17.0. The van der Waals surface area contributed by atoms with E-state index in [1.807, 2.05) is 0 Å². The van der Waals surface area contributed by atoms with Crippen LogP contribution < -0.4 is 10.1 Å². The van der Waals surface area contributed by atoms with Gasteiger partial charge in [-0.05, 0) is 37.6 Å². The maximum absolute atomic E-state index is 12.7. The molecule has 1 saturated carbocycles. The van der Waals surface area contributed by atoms with Gasteiger partial charge in [-0.25, -0.2) is 0 Å². The summed E-state index contributed by atoms with van der Waals surface area (Å²) in [5, 5.41) is 63.9.